The number of esters is 1. The number of benzene rings is 3. The van der Waals surface area contributed by atoms with Crippen molar-refractivity contribution in [2.24, 2.45) is 0 Å². The molecule has 0 fully saturated rings. The average molecular weight is 543 g/mol. The van der Waals surface area contributed by atoms with E-state index in [2.05, 4.69) is 5.32 Å². The van der Waals surface area contributed by atoms with Gasteiger partial charge in [-0.2, -0.15) is 0 Å². The number of aliphatic hydroxyl groups excluding tert-OH is 1. The first-order valence-corrected chi connectivity index (χ1v) is 14.0. The number of aryl methyl sites for hydroxylation is 2. The fourth-order valence-electron chi connectivity index (χ4n) is 4.32. The topological polar surface area (TPSA) is 148 Å². The van der Waals surface area contributed by atoms with Crippen molar-refractivity contribution in [3.8, 4) is 22.6 Å². The molecule has 38 heavy (non-hydrogen) atoms. The van der Waals surface area contributed by atoms with Gasteiger partial charge >= 0.3 is 5.97 Å². The maximum Gasteiger partial charge on any atom is 0.338 e. The SMILES string of the molecule is CCOC(=O)c1ccc(-c2c(C)cc(OCCNC[C@H](O)c3ccc(O)c(S(C)(=O)=O)c3N)cc2C)cc1. The number of carbonyl (C=O) groups excluding carboxylic acids is 1. The molecule has 0 aromatic heterocycles. The number of hydrogen-bond donors (Lipinski definition) is 4. The summed E-state index contributed by atoms with van der Waals surface area (Å²) in [5.74, 6) is -0.0926. The van der Waals surface area contributed by atoms with Gasteiger partial charge in [-0.05, 0) is 73.4 Å². The zero-order valence-corrected chi connectivity index (χ0v) is 22.8. The summed E-state index contributed by atoms with van der Waals surface area (Å²) in [6.45, 7) is 6.96. The number of phenols is 1. The number of phenolic OH excluding ortho intramolecular Hbond substituents is 1. The molecule has 3 aromatic rings. The number of hydrogen-bond acceptors (Lipinski definition) is 9. The van der Waals surface area contributed by atoms with Crippen LogP contribution in [0.2, 0.25) is 0 Å². The molecule has 0 aliphatic heterocycles. The van der Waals surface area contributed by atoms with Crippen LogP contribution in [0.3, 0.4) is 0 Å². The normalized spacial score (nSPS) is 12.2. The van der Waals surface area contributed by atoms with Gasteiger partial charge in [0.2, 0.25) is 0 Å². The third-order valence-electron chi connectivity index (χ3n) is 6.01. The van der Waals surface area contributed by atoms with Crippen LogP contribution in [0, 0.1) is 13.8 Å². The van der Waals surface area contributed by atoms with Gasteiger partial charge in [0.05, 0.1) is 24.0 Å². The zero-order chi connectivity index (χ0) is 28.0. The van der Waals surface area contributed by atoms with Crippen LogP contribution in [0.25, 0.3) is 11.1 Å². The van der Waals surface area contributed by atoms with E-state index >= 15 is 0 Å². The summed E-state index contributed by atoms with van der Waals surface area (Å²) in [4.78, 5) is 11.5. The number of aliphatic hydroxyl groups is 1. The number of nitrogens with one attached hydrogen (secondary N) is 1. The van der Waals surface area contributed by atoms with Crippen molar-refractivity contribution in [2.45, 2.75) is 31.8 Å². The van der Waals surface area contributed by atoms with E-state index < -0.39 is 21.7 Å². The van der Waals surface area contributed by atoms with Crippen LogP contribution in [0.15, 0.2) is 53.4 Å². The van der Waals surface area contributed by atoms with Gasteiger partial charge in [-0.1, -0.05) is 18.2 Å². The van der Waals surface area contributed by atoms with Gasteiger partial charge in [0.1, 0.15) is 23.0 Å². The highest BCUT2D eigenvalue weighted by molar-refractivity contribution is 7.91. The molecular weight excluding hydrogens is 508 g/mol. The third-order valence-corrected chi connectivity index (χ3v) is 7.19. The summed E-state index contributed by atoms with van der Waals surface area (Å²) < 4.78 is 34.8. The van der Waals surface area contributed by atoms with Crippen LogP contribution in [-0.4, -0.2) is 57.2 Å². The Morgan fingerprint density at radius 3 is 2.29 bits per heavy atom. The van der Waals surface area contributed by atoms with E-state index in [1.54, 1.807) is 19.1 Å². The molecule has 10 heteroatoms. The number of ether oxygens (including phenoxy) is 2. The van der Waals surface area contributed by atoms with Crippen LogP contribution in [0.4, 0.5) is 5.69 Å². The average Bonchev–Trinajstić information content (AvgIpc) is 2.83. The molecule has 1 atom stereocenters. The molecule has 0 saturated heterocycles. The minimum absolute atomic E-state index is 0.111. The summed E-state index contributed by atoms with van der Waals surface area (Å²) >= 11 is 0. The molecular formula is C28H34N2O7S. The van der Waals surface area contributed by atoms with Crippen molar-refractivity contribution >= 4 is 21.5 Å². The smallest absolute Gasteiger partial charge is 0.338 e. The fourth-order valence-corrected chi connectivity index (χ4v) is 5.29. The lowest BCUT2D eigenvalue weighted by Crippen LogP contribution is -2.26. The van der Waals surface area contributed by atoms with Gasteiger partial charge in [-0.25, -0.2) is 13.2 Å². The van der Waals surface area contributed by atoms with Gasteiger partial charge < -0.3 is 30.7 Å². The first-order chi connectivity index (χ1) is 17.9. The molecule has 204 valence electrons. The third kappa shape index (κ3) is 6.83. The predicted octanol–water partition coefficient (Wildman–Crippen LogP) is 3.54. The summed E-state index contributed by atoms with van der Waals surface area (Å²) in [7, 11) is -3.76. The van der Waals surface area contributed by atoms with Crippen molar-refractivity contribution in [3.05, 3.63) is 70.8 Å². The van der Waals surface area contributed by atoms with E-state index in [0.29, 0.717) is 31.1 Å². The highest BCUT2D eigenvalue weighted by Crippen LogP contribution is 2.34. The Morgan fingerprint density at radius 2 is 1.71 bits per heavy atom. The minimum Gasteiger partial charge on any atom is -0.507 e. The van der Waals surface area contributed by atoms with E-state index in [9.17, 15) is 23.4 Å². The second-order valence-electron chi connectivity index (χ2n) is 8.99. The molecule has 9 nitrogen and oxygen atoms in total. The Balaban J connectivity index is 1.57. The summed E-state index contributed by atoms with van der Waals surface area (Å²) in [6, 6.07) is 13.8. The maximum atomic E-state index is 11.9. The summed E-state index contributed by atoms with van der Waals surface area (Å²) in [5, 5.41) is 23.4. The number of sulfone groups is 1. The molecule has 5 N–H and O–H groups in total. The summed E-state index contributed by atoms with van der Waals surface area (Å²) in [5.41, 5.74) is 10.6. The highest BCUT2D eigenvalue weighted by atomic mass is 32.2. The quantitative estimate of drug-likeness (QED) is 0.162. The van der Waals surface area contributed by atoms with Crippen LogP contribution in [0.1, 0.15) is 40.1 Å². The molecule has 0 unspecified atom stereocenters. The molecule has 0 saturated carbocycles. The second-order valence-corrected chi connectivity index (χ2v) is 10.9. The van der Waals surface area contributed by atoms with E-state index in [-0.39, 0.29) is 28.7 Å². The van der Waals surface area contributed by atoms with Crippen molar-refractivity contribution < 1.29 is 32.9 Å². The fraction of sp³-hybridized carbons (Fsp3) is 0.321. The molecule has 0 aliphatic carbocycles. The van der Waals surface area contributed by atoms with Crippen LogP contribution in [0.5, 0.6) is 11.5 Å². The zero-order valence-electron chi connectivity index (χ0n) is 21.9. The van der Waals surface area contributed by atoms with E-state index in [1.807, 2.05) is 38.1 Å². The number of nitrogens with two attached hydrogens (primary N) is 1. The standard InChI is InChI=1S/C28H34N2O7S/c1-5-36-28(33)20-8-6-19(7-9-20)25-17(2)14-21(15-18(25)3)37-13-12-30-16-24(32)22-10-11-23(31)27(26(22)29)38(4,34)35/h6-11,14-15,24,30-32H,5,12-13,16,29H2,1-4H3/t24-/m0/s1. The lowest BCUT2D eigenvalue weighted by atomic mass is 9.95. The first-order valence-electron chi connectivity index (χ1n) is 12.2. The van der Waals surface area contributed by atoms with Gasteiger partial charge in [-0.15, -0.1) is 0 Å². The van der Waals surface area contributed by atoms with Crippen LogP contribution < -0.4 is 15.8 Å². The summed E-state index contributed by atoms with van der Waals surface area (Å²) in [6.07, 6.45) is -0.128. The lowest BCUT2D eigenvalue weighted by molar-refractivity contribution is 0.0526. The Hall–Kier alpha value is -3.60. The van der Waals surface area contributed by atoms with Gasteiger partial charge in [0.15, 0.2) is 9.84 Å². The number of carbonyl (C=O) groups is 1. The van der Waals surface area contributed by atoms with E-state index in [0.717, 1.165) is 28.5 Å². The Kier molecular flexibility index (Phi) is 9.37. The molecule has 0 aliphatic rings. The van der Waals surface area contributed by atoms with Gasteiger partial charge in [0.25, 0.3) is 0 Å². The molecule has 0 bridgehead atoms. The predicted molar refractivity (Wildman–Crippen MR) is 146 cm³/mol. The van der Waals surface area contributed by atoms with Gasteiger partial charge in [0, 0.05) is 24.9 Å². The molecule has 3 rings (SSSR count). The van der Waals surface area contributed by atoms with Crippen molar-refractivity contribution in [1.82, 2.24) is 5.32 Å². The molecule has 0 amide bonds. The minimum atomic E-state index is -3.76. The second kappa shape index (κ2) is 12.3. The highest BCUT2D eigenvalue weighted by Gasteiger charge is 2.22. The lowest BCUT2D eigenvalue weighted by Gasteiger charge is -2.17. The van der Waals surface area contributed by atoms with Crippen molar-refractivity contribution in [3.63, 3.8) is 0 Å². The molecule has 0 radical (unpaired) electrons. The number of aromatic hydroxyl groups is 1. The van der Waals surface area contributed by atoms with Crippen molar-refractivity contribution in [2.75, 3.05) is 38.3 Å². The monoisotopic (exact) mass is 542 g/mol. The number of anilines is 1. The molecule has 0 spiro atoms. The largest absolute Gasteiger partial charge is 0.507 e. The Bertz CT molecular complexity index is 1380. The number of nitrogen functional groups attached to an aromatic ring is 1. The maximum absolute atomic E-state index is 11.9. The Morgan fingerprint density at radius 1 is 1.08 bits per heavy atom. The first kappa shape index (κ1) is 29.0. The van der Waals surface area contributed by atoms with E-state index in [4.69, 9.17) is 15.2 Å². The number of rotatable bonds is 11. The van der Waals surface area contributed by atoms with Crippen molar-refractivity contribution in [1.29, 1.82) is 0 Å². The van der Waals surface area contributed by atoms with Crippen LogP contribution >= 0.6 is 0 Å². The molecule has 0 heterocycles. The Labute approximate surface area is 223 Å². The van der Waals surface area contributed by atoms with Crippen LogP contribution in [-0.2, 0) is 14.6 Å². The van der Waals surface area contributed by atoms with E-state index in [1.165, 1.54) is 12.1 Å². The molecule has 3 aromatic carbocycles. The van der Waals surface area contributed by atoms with Gasteiger partial charge in [-0.3, -0.25) is 0 Å².